The lowest BCUT2D eigenvalue weighted by Crippen LogP contribution is -2.30. The van der Waals surface area contributed by atoms with E-state index in [0.29, 0.717) is 11.2 Å². The molecule has 0 radical (unpaired) electrons. The highest BCUT2D eigenvalue weighted by Gasteiger charge is 2.21. The van der Waals surface area contributed by atoms with Crippen LogP contribution in [0.5, 0.6) is 0 Å². The molecule has 3 heterocycles. The highest BCUT2D eigenvalue weighted by molar-refractivity contribution is 6.00. The van der Waals surface area contributed by atoms with Gasteiger partial charge in [-0.3, -0.25) is 4.79 Å². The Bertz CT molecular complexity index is 848. The Balaban J connectivity index is 1.68. The fraction of sp³-hybridized carbons (Fsp3) is 0.143. The third-order valence-corrected chi connectivity index (χ3v) is 2.99. The van der Waals surface area contributed by atoms with Gasteiger partial charge in [0.05, 0.1) is 6.33 Å². The maximum atomic E-state index is 12.1. The molecule has 9 nitrogen and oxygen atoms in total. The molecule has 0 aliphatic heterocycles. The molecule has 3 aromatic rings. The number of rotatable bonds is 4. The molecule has 0 fully saturated rings. The largest absolute Gasteiger partial charge is 0.448 e. The van der Waals surface area contributed by atoms with Crippen molar-refractivity contribution in [3.8, 4) is 0 Å². The van der Waals surface area contributed by atoms with E-state index in [-0.39, 0.29) is 11.5 Å². The molecule has 9 heteroatoms. The minimum Gasteiger partial charge on any atom is -0.448 e. The third kappa shape index (κ3) is 3.12. The smallest absolute Gasteiger partial charge is 0.357 e. The maximum absolute atomic E-state index is 12.1. The van der Waals surface area contributed by atoms with E-state index in [2.05, 4.69) is 30.2 Å². The van der Waals surface area contributed by atoms with E-state index in [9.17, 15) is 9.59 Å². The molecule has 0 aliphatic rings. The molecule has 116 valence electrons. The zero-order valence-electron chi connectivity index (χ0n) is 12.1. The monoisotopic (exact) mass is 312 g/mol. The quantitative estimate of drug-likeness (QED) is 0.687. The number of pyridine rings is 1. The zero-order chi connectivity index (χ0) is 16.2. The summed E-state index contributed by atoms with van der Waals surface area (Å²) in [6.45, 7) is 1.46. The molecule has 2 N–H and O–H groups in total. The second kappa shape index (κ2) is 6.18. The molecule has 3 rings (SSSR count). The molecular weight excluding hydrogens is 300 g/mol. The van der Waals surface area contributed by atoms with Crippen molar-refractivity contribution < 1.29 is 14.3 Å². The standard InChI is InChI=1S/C14H12N6O3/c1-8(23-14(22)9-4-2-3-5-15-9)13(21)20-12-10-11(17-6-16-10)18-7-19-12/h2-8H,1H3,(H2,16,17,18,19,20,21). The Morgan fingerprint density at radius 2 is 2.09 bits per heavy atom. The lowest BCUT2D eigenvalue weighted by Gasteiger charge is -2.12. The normalized spacial score (nSPS) is 11.9. The minimum atomic E-state index is -1.02. The molecule has 23 heavy (non-hydrogen) atoms. The molecule has 1 amide bonds. The van der Waals surface area contributed by atoms with E-state index < -0.39 is 18.0 Å². The first kappa shape index (κ1) is 14.6. The van der Waals surface area contributed by atoms with Gasteiger partial charge >= 0.3 is 5.97 Å². The minimum absolute atomic E-state index is 0.130. The van der Waals surface area contributed by atoms with E-state index in [0.717, 1.165) is 0 Å². The van der Waals surface area contributed by atoms with Gasteiger partial charge in [-0.25, -0.2) is 24.7 Å². The van der Waals surface area contributed by atoms with Crippen molar-refractivity contribution in [3.05, 3.63) is 42.7 Å². The predicted molar refractivity (Wildman–Crippen MR) is 79.4 cm³/mol. The van der Waals surface area contributed by atoms with Crippen LogP contribution >= 0.6 is 0 Å². The predicted octanol–water partition coefficient (Wildman–Crippen LogP) is 0.932. The number of H-pyrrole nitrogens is 1. The number of carbonyl (C=O) groups excluding carboxylic acids is 2. The molecule has 1 atom stereocenters. The summed E-state index contributed by atoms with van der Waals surface area (Å²) < 4.78 is 5.08. The number of esters is 1. The van der Waals surface area contributed by atoms with E-state index in [1.807, 2.05) is 0 Å². The van der Waals surface area contributed by atoms with Crippen LogP contribution in [-0.2, 0) is 9.53 Å². The summed E-state index contributed by atoms with van der Waals surface area (Å²) in [6.07, 6.45) is 3.18. The van der Waals surface area contributed by atoms with Crippen molar-refractivity contribution in [2.75, 3.05) is 5.32 Å². The van der Waals surface area contributed by atoms with Crippen LogP contribution < -0.4 is 5.32 Å². The number of amides is 1. The van der Waals surface area contributed by atoms with Gasteiger partial charge in [-0.15, -0.1) is 0 Å². The Morgan fingerprint density at radius 1 is 1.22 bits per heavy atom. The summed E-state index contributed by atoms with van der Waals surface area (Å²) in [4.78, 5) is 42.6. The van der Waals surface area contributed by atoms with Crippen LogP contribution in [0.25, 0.3) is 11.2 Å². The summed E-state index contributed by atoms with van der Waals surface area (Å²) >= 11 is 0. The van der Waals surface area contributed by atoms with Crippen LogP contribution in [-0.4, -0.2) is 42.9 Å². The molecule has 1 unspecified atom stereocenters. The van der Waals surface area contributed by atoms with Gasteiger partial charge in [0.2, 0.25) is 0 Å². The van der Waals surface area contributed by atoms with E-state index in [4.69, 9.17) is 4.74 Å². The summed E-state index contributed by atoms with van der Waals surface area (Å²) in [6, 6.07) is 4.84. The third-order valence-electron chi connectivity index (χ3n) is 2.99. The Hall–Kier alpha value is -3.36. The Labute approximate surface area is 130 Å². The first-order chi connectivity index (χ1) is 11.1. The Kier molecular flexibility index (Phi) is 3.91. The van der Waals surface area contributed by atoms with Gasteiger partial charge in [0.25, 0.3) is 5.91 Å². The summed E-state index contributed by atoms with van der Waals surface area (Å²) in [5, 5.41) is 2.57. The van der Waals surface area contributed by atoms with Crippen molar-refractivity contribution in [1.82, 2.24) is 24.9 Å². The second-order valence-corrected chi connectivity index (χ2v) is 4.58. The lowest BCUT2D eigenvalue weighted by molar-refractivity contribution is -0.123. The number of carbonyl (C=O) groups is 2. The number of hydrogen-bond acceptors (Lipinski definition) is 7. The van der Waals surface area contributed by atoms with Gasteiger partial charge in [-0.1, -0.05) is 6.07 Å². The lowest BCUT2D eigenvalue weighted by atomic mass is 10.3. The van der Waals surface area contributed by atoms with E-state index in [1.165, 1.54) is 31.8 Å². The van der Waals surface area contributed by atoms with Crippen LogP contribution in [0.3, 0.4) is 0 Å². The number of fused-ring (bicyclic) bond motifs is 1. The number of nitrogens with one attached hydrogen (secondary N) is 2. The average molecular weight is 312 g/mol. The van der Waals surface area contributed by atoms with Gasteiger partial charge in [-0.05, 0) is 19.1 Å². The number of hydrogen-bond donors (Lipinski definition) is 2. The van der Waals surface area contributed by atoms with Crippen LogP contribution in [0.2, 0.25) is 0 Å². The topological polar surface area (TPSA) is 123 Å². The molecule has 0 aromatic carbocycles. The average Bonchev–Trinajstić information content (AvgIpc) is 3.05. The highest BCUT2D eigenvalue weighted by Crippen LogP contribution is 2.15. The summed E-state index contributed by atoms with van der Waals surface area (Å²) in [5.74, 6) is -0.940. The Morgan fingerprint density at radius 3 is 2.87 bits per heavy atom. The van der Waals surface area contributed by atoms with Gasteiger partial charge in [0.1, 0.15) is 17.5 Å². The van der Waals surface area contributed by atoms with Gasteiger partial charge < -0.3 is 15.0 Å². The van der Waals surface area contributed by atoms with Gasteiger partial charge in [0, 0.05) is 6.20 Å². The maximum Gasteiger partial charge on any atom is 0.357 e. The molecule has 0 bridgehead atoms. The molecular formula is C14H12N6O3. The molecule has 3 aromatic heterocycles. The van der Waals surface area contributed by atoms with Crippen molar-refractivity contribution in [2.45, 2.75) is 13.0 Å². The SMILES string of the molecule is CC(OC(=O)c1ccccn1)C(=O)Nc1ncnc2nc[nH]c12. The van der Waals surface area contributed by atoms with Crippen LogP contribution in [0, 0.1) is 0 Å². The summed E-state index contributed by atoms with van der Waals surface area (Å²) in [5.41, 5.74) is 1.04. The number of imidazole rings is 1. The molecule has 0 saturated carbocycles. The zero-order valence-corrected chi connectivity index (χ0v) is 12.1. The number of ether oxygens (including phenoxy) is 1. The fourth-order valence-electron chi connectivity index (χ4n) is 1.84. The van der Waals surface area contributed by atoms with Crippen molar-refractivity contribution in [2.24, 2.45) is 0 Å². The van der Waals surface area contributed by atoms with Crippen molar-refractivity contribution in [1.29, 1.82) is 0 Å². The molecule has 0 spiro atoms. The summed E-state index contributed by atoms with van der Waals surface area (Å²) in [7, 11) is 0. The number of aromatic nitrogens is 5. The second-order valence-electron chi connectivity index (χ2n) is 4.58. The van der Waals surface area contributed by atoms with Gasteiger partial charge in [-0.2, -0.15) is 0 Å². The highest BCUT2D eigenvalue weighted by atomic mass is 16.5. The van der Waals surface area contributed by atoms with E-state index in [1.54, 1.807) is 12.1 Å². The van der Waals surface area contributed by atoms with Crippen LogP contribution in [0.4, 0.5) is 5.82 Å². The first-order valence-corrected chi connectivity index (χ1v) is 6.72. The van der Waals surface area contributed by atoms with Crippen molar-refractivity contribution >= 4 is 28.9 Å². The van der Waals surface area contributed by atoms with Crippen molar-refractivity contribution in [3.63, 3.8) is 0 Å². The molecule has 0 aliphatic carbocycles. The first-order valence-electron chi connectivity index (χ1n) is 6.72. The number of anilines is 1. The van der Waals surface area contributed by atoms with E-state index >= 15 is 0 Å². The van der Waals surface area contributed by atoms with Gasteiger partial charge in [0.15, 0.2) is 17.6 Å². The number of nitrogens with zero attached hydrogens (tertiary/aromatic N) is 4. The number of aromatic amines is 1. The van der Waals surface area contributed by atoms with Crippen LogP contribution in [0.15, 0.2) is 37.1 Å². The molecule has 0 saturated heterocycles. The fourth-order valence-corrected chi connectivity index (χ4v) is 1.84. The van der Waals surface area contributed by atoms with Crippen LogP contribution in [0.1, 0.15) is 17.4 Å².